The Hall–Kier alpha value is -1.91. The van der Waals surface area contributed by atoms with Crippen LogP contribution in [0.15, 0.2) is 17.2 Å². The molecule has 2 aromatic heterocycles. The molecule has 1 aliphatic carbocycles. The number of imidazole rings is 1. The minimum atomic E-state index is -0.0242. The maximum Gasteiger partial charge on any atom is 0.254 e. The van der Waals surface area contributed by atoms with Crippen molar-refractivity contribution in [1.82, 2.24) is 19.9 Å². The molecule has 1 aliphatic rings. The van der Waals surface area contributed by atoms with Gasteiger partial charge in [-0.2, -0.15) is 0 Å². The molecule has 0 saturated carbocycles. The first-order valence-electron chi connectivity index (χ1n) is 4.96. The summed E-state index contributed by atoms with van der Waals surface area (Å²) in [4.78, 5) is 25.8. The Bertz CT molecular complexity index is 541. The Labute approximate surface area is 85.6 Å². The van der Waals surface area contributed by atoms with Gasteiger partial charge in [0, 0.05) is 18.0 Å². The zero-order chi connectivity index (χ0) is 10.3. The van der Waals surface area contributed by atoms with E-state index >= 15 is 0 Å². The minimum absolute atomic E-state index is 0.0242. The average Bonchev–Trinajstić information content (AvgIpc) is 2.88. The Balaban J connectivity index is 2.20. The third kappa shape index (κ3) is 1.27. The van der Waals surface area contributed by atoms with Crippen molar-refractivity contribution in [3.05, 3.63) is 34.0 Å². The quantitative estimate of drug-likeness (QED) is 0.713. The largest absolute Gasteiger partial charge is 0.342 e. The number of H-pyrrole nitrogens is 2. The zero-order valence-electron chi connectivity index (χ0n) is 8.08. The van der Waals surface area contributed by atoms with Crippen LogP contribution < -0.4 is 5.56 Å². The highest BCUT2D eigenvalue weighted by atomic mass is 16.1. The highest BCUT2D eigenvalue weighted by Gasteiger charge is 2.17. The molecular formula is C10H10N4O. The molecule has 15 heavy (non-hydrogen) atoms. The number of hydrogen-bond acceptors (Lipinski definition) is 3. The van der Waals surface area contributed by atoms with Crippen molar-refractivity contribution < 1.29 is 0 Å². The van der Waals surface area contributed by atoms with Crippen LogP contribution in [0.5, 0.6) is 0 Å². The molecule has 3 rings (SSSR count). The van der Waals surface area contributed by atoms with E-state index in [4.69, 9.17) is 0 Å². The number of nitrogens with zero attached hydrogens (tertiary/aromatic N) is 2. The zero-order valence-corrected chi connectivity index (χ0v) is 8.08. The fourth-order valence-corrected chi connectivity index (χ4v) is 1.95. The van der Waals surface area contributed by atoms with Crippen LogP contribution in [0, 0.1) is 0 Å². The molecule has 0 fully saturated rings. The van der Waals surface area contributed by atoms with E-state index in [2.05, 4.69) is 19.9 Å². The van der Waals surface area contributed by atoms with Crippen LogP contribution in [0.4, 0.5) is 0 Å². The lowest BCUT2D eigenvalue weighted by atomic mass is 10.2. The number of fused-ring (bicyclic) bond motifs is 1. The van der Waals surface area contributed by atoms with Gasteiger partial charge in [-0.15, -0.1) is 0 Å². The van der Waals surface area contributed by atoms with E-state index in [1.807, 2.05) is 0 Å². The van der Waals surface area contributed by atoms with E-state index in [1.165, 1.54) is 0 Å². The molecule has 0 unspecified atom stereocenters. The first-order chi connectivity index (χ1) is 7.34. The second-order valence-electron chi connectivity index (χ2n) is 3.63. The number of hydrogen-bond donors (Lipinski definition) is 2. The summed E-state index contributed by atoms with van der Waals surface area (Å²) in [7, 11) is 0. The lowest BCUT2D eigenvalue weighted by molar-refractivity contribution is 0.898. The van der Waals surface area contributed by atoms with E-state index < -0.39 is 0 Å². The summed E-state index contributed by atoms with van der Waals surface area (Å²) in [6.07, 6.45) is 6.11. The van der Waals surface area contributed by atoms with Gasteiger partial charge in [-0.3, -0.25) is 4.79 Å². The van der Waals surface area contributed by atoms with Crippen molar-refractivity contribution in [3.63, 3.8) is 0 Å². The summed E-state index contributed by atoms with van der Waals surface area (Å²) < 4.78 is 0. The monoisotopic (exact) mass is 202 g/mol. The molecule has 0 aliphatic heterocycles. The van der Waals surface area contributed by atoms with Gasteiger partial charge >= 0.3 is 0 Å². The first kappa shape index (κ1) is 8.40. The highest BCUT2D eigenvalue weighted by Crippen LogP contribution is 2.17. The predicted molar refractivity (Wildman–Crippen MR) is 54.5 cm³/mol. The number of aromatic nitrogens is 4. The van der Waals surface area contributed by atoms with Crippen LogP contribution >= 0.6 is 0 Å². The van der Waals surface area contributed by atoms with Gasteiger partial charge < -0.3 is 9.97 Å². The van der Waals surface area contributed by atoms with Gasteiger partial charge in [0.2, 0.25) is 0 Å². The van der Waals surface area contributed by atoms with Gasteiger partial charge in [0.25, 0.3) is 5.56 Å². The van der Waals surface area contributed by atoms with Crippen molar-refractivity contribution in [2.24, 2.45) is 0 Å². The molecule has 5 heteroatoms. The average molecular weight is 202 g/mol. The summed E-state index contributed by atoms with van der Waals surface area (Å²) in [5.74, 6) is 1.15. The molecule has 5 nitrogen and oxygen atoms in total. The second kappa shape index (κ2) is 3.05. The van der Waals surface area contributed by atoms with E-state index in [9.17, 15) is 4.79 Å². The molecule has 2 aromatic rings. The molecule has 0 amide bonds. The lowest BCUT2D eigenvalue weighted by Gasteiger charge is -2.00. The van der Waals surface area contributed by atoms with Crippen molar-refractivity contribution in [2.75, 3.05) is 0 Å². The number of nitrogens with one attached hydrogen (secondary N) is 2. The Kier molecular flexibility index (Phi) is 1.71. The van der Waals surface area contributed by atoms with Crippen LogP contribution in [0.2, 0.25) is 0 Å². The van der Waals surface area contributed by atoms with Gasteiger partial charge in [0.15, 0.2) is 11.6 Å². The van der Waals surface area contributed by atoms with Crippen molar-refractivity contribution in [1.29, 1.82) is 0 Å². The molecule has 76 valence electrons. The van der Waals surface area contributed by atoms with Gasteiger partial charge in [0.05, 0.1) is 5.69 Å². The molecule has 0 radical (unpaired) electrons. The fraction of sp³-hybridized carbons (Fsp3) is 0.300. The van der Waals surface area contributed by atoms with Crippen LogP contribution in [-0.2, 0) is 12.8 Å². The summed E-state index contributed by atoms with van der Waals surface area (Å²) in [6, 6.07) is 0. The number of rotatable bonds is 1. The molecule has 0 aromatic carbocycles. The van der Waals surface area contributed by atoms with Crippen LogP contribution in [-0.4, -0.2) is 19.9 Å². The molecular weight excluding hydrogens is 192 g/mol. The van der Waals surface area contributed by atoms with E-state index in [1.54, 1.807) is 12.4 Å². The van der Waals surface area contributed by atoms with Crippen molar-refractivity contribution >= 4 is 0 Å². The van der Waals surface area contributed by atoms with Gasteiger partial charge in [-0.25, -0.2) is 9.97 Å². The molecule has 0 atom stereocenters. The second-order valence-corrected chi connectivity index (χ2v) is 3.63. The normalized spacial score (nSPS) is 14.1. The van der Waals surface area contributed by atoms with Crippen molar-refractivity contribution in [2.45, 2.75) is 19.3 Å². The Morgan fingerprint density at radius 1 is 1.27 bits per heavy atom. The first-order valence-corrected chi connectivity index (χ1v) is 4.96. The SMILES string of the molecule is O=c1[nH]c(-c2ncc[nH]2)nc2c1CCC2. The topological polar surface area (TPSA) is 74.4 Å². The van der Waals surface area contributed by atoms with E-state index in [0.717, 1.165) is 30.5 Å². The van der Waals surface area contributed by atoms with E-state index in [-0.39, 0.29) is 5.56 Å². The third-order valence-corrected chi connectivity index (χ3v) is 2.66. The highest BCUT2D eigenvalue weighted by molar-refractivity contribution is 5.43. The van der Waals surface area contributed by atoms with Crippen LogP contribution in [0.25, 0.3) is 11.6 Å². The molecule has 0 bridgehead atoms. The summed E-state index contributed by atoms with van der Waals surface area (Å²) in [5, 5.41) is 0. The van der Waals surface area contributed by atoms with Gasteiger partial charge in [-0.1, -0.05) is 0 Å². The van der Waals surface area contributed by atoms with Crippen LogP contribution in [0.3, 0.4) is 0 Å². The van der Waals surface area contributed by atoms with Gasteiger partial charge in [-0.05, 0) is 19.3 Å². The number of aromatic amines is 2. The molecule has 2 heterocycles. The van der Waals surface area contributed by atoms with Gasteiger partial charge in [0.1, 0.15) is 0 Å². The number of aryl methyl sites for hydroxylation is 1. The predicted octanol–water partition coefficient (Wildman–Crippen LogP) is 0.649. The lowest BCUT2D eigenvalue weighted by Crippen LogP contribution is -2.15. The summed E-state index contributed by atoms with van der Waals surface area (Å²) in [5.41, 5.74) is 1.74. The maximum absolute atomic E-state index is 11.7. The molecule has 0 spiro atoms. The minimum Gasteiger partial charge on any atom is -0.342 e. The molecule has 2 N–H and O–H groups in total. The summed E-state index contributed by atoms with van der Waals surface area (Å²) >= 11 is 0. The van der Waals surface area contributed by atoms with Crippen LogP contribution in [0.1, 0.15) is 17.7 Å². The van der Waals surface area contributed by atoms with E-state index in [0.29, 0.717) is 11.6 Å². The summed E-state index contributed by atoms with van der Waals surface area (Å²) in [6.45, 7) is 0. The smallest absolute Gasteiger partial charge is 0.254 e. The third-order valence-electron chi connectivity index (χ3n) is 2.66. The molecule has 0 saturated heterocycles. The Morgan fingerprint density at radius 3 is 3.00 bits per heavy atom. The Morgan fingerprint density at radius 2 is 2.20 bits per heavy atom. The maximum atomic E-state index is 11.7. The standard InChI is InChI=1S/C10H10N4O/c15-10-6-2-1-3-7(6)13-9(14-10)8-11-4-5-12-8/h4-5H,1-3H2,(H,11,12)(H,13,14,15). The van der Waals surface area contributed by atoms with Crippen molar-refractivity contribution in [3.8, 4) is 11.6 Å². The fourth-order valence-electron chi connectivity index (χ4n) is 1.95.